The van der Waals surface area contributed by atoms with Gasteiger partial charge in [0.15, 0.2) is 0 Å². The summed E-state index contributed by atoms with van der Waals surface area (Å²) in [6.45, 7) is 3.87. The van der Waals surface area contributed by atoms with E-state index in [4.69, 9.17) is 9.47 Å². The summed E-state index contributed by atoms with van der Waals surface area (Å²) in [5.41, 5.74) is 1.39. The molecule has 1 N–H and O–H groups in total. The molecule has 17 heavy (non-hydrogen) atoms. The SMILES string of the molecule is COc1c(C)cc(Br)c(F)c1C1CNCCO1. The summed E-state index contributed by atoms with van der Waals surface area (Å²) in [4.78, 5) is 0. The van der Waals surface area contributed by atoms with Crippen molar-refractivity contribution in [3.8, 4) is 5.75 Å². The second-order valence-corrected chi connectivity index (χ2v) is 4.85. The second kappa shape index (κ2) is 5.33. The van der Waals surface area contributed by atoms with E-state index in [9.17, 15) is 4.39 Å². The maximum absolute atomic E-state index is 14.2. The van der Waals surface area contributed by atoms with Crippen molar-refractivity contribution < 1.29 is 13.9 Å². The smallest absolute Gasteiger partial charge is 0.146 e. The summed E-state index contributed by atoms with van der Waals surface area (Å²) in [6, 6.07) is 1.72. The molecule has 0 aliphatic carbocycles. The van der Waals surface area contributed by atoms with Crippen LogP contribution in [0.5, 0.6) is 5.75 Å². The van der Waals surface area contributed by atoms with Gasteiger partial charge in [0.05, 0.1) is 23.8 Å². The zero-order valence-corrected chi connectivity index (χ0v) is 11.4. The van der Waals surface area contributed by atoms with Gasteiger partial charge in [-0.15, -0.1) is 0 Å². The number of hydrogen-bond donors (Lipinski definition) is 1. The van der Waals surface area contributed by atoms with Crippen LogP contribution in [0.4, 0.5) is 4.39 Å². The molecule has 0 aromatic heterocycles. The summed E-state index contributed by atoms with van der Waals surface area (Å²) in [6.07, 6.45) is -0.296. The van der Waals surface area contributed by atoms with E-state index in [0.29, 0.717) is 28.9 Å². The number of halogens is 2. The molecule has 94 valence electrons. The molecule has 1 aromatic rings. The number of rotatable bonds is 2. The summed E-state index contributed by atoms with van der Waals surface area (Å²) in [7, 11) is 1.55. The van der Waals surface area contributed by atoms with Crippen molar-refractivity contribution in [1.82, 2.24) is 5.32 Å². The Hall–Kier alpha value is -0.650. The van der Waals surface area contributed by atoms with E-state index in [0.717, 1.165) is 12.1 Å². The summed E-state index contributed by atoms with van der Waals surface area (Å²) in [5.74, 6) is 0.264. The first-order chi connectivity index (χ1) is 8.15. The lowest BCUT2D eigenvalue weighted by atomic mass is 10.0. The highest BCUT2D eigenvalue weighted by Gasteiger charge is 2.26. The molecule has 1 aliphatic heterocycles. The molecule has 0 radical (unpaired) electrons. The van der Waals surface area contributed by atoms with Crippen LogP contribution in [0.2, 0.25) is 0 Å². The molecule has 1 aliphatic rings. The van der Waals surface area contributed by atoms with Crippen LogP contribution in [0.15, 0.2) is 10.5 Å². The first-order valence-electron chi connectivity index (χ1n) is 5.50. The fourth-order valence-electron chi connectivity index (χ4n) is 2.07. The van der Waals surface area contributed by atoms with Gasteiger partial charge in [0.1, 0.15) is 17.7 Å². The van der Waals surface area contributed by atoms with E-state index < -0.39 is 0 Å². The first kappa shape index (κ1) is 12.8. The van der Waals surface area contributed by atoms with E-state index in [1.54, 1.807) is 13.2 Å². The van der Waals surface area contributed by atoms with E-state index in [1.807, 2.05) is 6.92 Å². The molecule has 0 spiro atoms. The molecule has 0 saturated carbocycles. The van der Waals surface area contributed by atoms with E-state index in [2.05, 4.69) is 21.2 Å². The number of methoxy groups -OCH3 is 1. The Labute approximate surface area is 108 Å². The van der Waals surface area contributed by atoms with E-state index >= 15 is 0 Å². The Morgan fingerprint density at radius 2 is 2.35 bits per heavy atom. The first-order valence-corrected chi connectivity index (χ1v) is 6.29. The normalized spacial score (nSPS) is 20.4. The molecule has 5 heteroatoms. The van der Waals surface area contributed by atoms with Crippen molar-refractivity contribution in [2.24, 2.45) is 0 Å². The number of hydrogen-bond acceptors (Lipinski definition) is 3. The van der Waals surface area contributed by atoms with Gasteiger partial charge in [0.2, 0.25) is 0 Å². The van der Waals surface area contributed by atoms with Crippen LogP contribution in [0.3, 0.4) is 0 Å². The van der Waals surface area contributed by atoms with Crippen molar-refractivity contribution in [2.45, 2.75) is 13.0 Å². The lowest BCUT2D eigenvalue weighted by Crippen LogP contribution is -2.34. The van der Waals surface area contributed by atoms with Crippen molar-refractivity contribution in [1.29, 1.82) is 0 Å². The molecule has 2 rings (SSSR count). The summed E-state index contributed by atoms with van der Waals surface area (Å²) < 4.78 is 25.5. The number of morpholine rings is 1. The number of aryl methyl sites for hydroxylation is 1. The Morgan fingerprint density at radius 3 is 2.94 bits per heavy atom. The lowest BCUT2D eigenvalue weighted by molar-refractivity contribution is 0.0238. The molecule has 1 aromatic carbocycles. The Balaban J connectivity index is 2.48. The quantitative estimate of drug-likeness (QED) is 0.911. The molecule has 1 heterocycles. The Kier molecular flexibility index (Phi) is 4.01. The number of benzene rings is 1. The number of nitrogens with one attached hydrogen (secondary N) is 1. The third-order valence-electron chi connectivity index (χ3n) is 2.85. The van der Waals surface area contributed by atoms with Crippen molar-refractivity contribution >= 4 is 15.9 Å². The molecule has 1 saturated heterocycles. The van der Waals surface area contributed by atoms with Crippen molar-refractivity contribution in [3.63, 3.8) is 0 Å². The topological polar surface area (TPSA) is 30.5 Å². The van der Waals surface area contributed by atoms with Gasteiger partial charge >= 0.3 is 0 Å². The van der Waals surface area contributed by atoms with Gasteiger partial charge in [-0.2, -0.15) is 0 Å². The standard InChI is InChI=1S/C12H15BrFNO2/c1-7-5-8(13)11(14)10(12(7)16-2)9-6-15-3-4-17-9/h5,9,15H,3-4,6H2,1-2H3. The van der Waals surface area contributed by atoms with Gasteiger partial charge in [0, 0.05) is 13.1 Å². The molecular weight excluding hydrogens is 289 g/mol. The van der Waals surface area contributed by atoms with E-state index in [-0.39, 0.29) is 11.9 Å². The third kappa shape index (κ3) is 2.46. The van der Waals surface area contributed by atoms with Crippen LogP contribution in [-0.2, 0) is 4.74 Å². The van der Waals surface area contributed by atoms with Crippen LogP contribution in [-0.4, -0.2) is 26.8 Å². The van der Waals surface area contributed by atoms with Gasteiger partial charge in [-0.05, 0) is 34.5 Å². The van der Waals surface area contributed by atoms with Gasteiger partial charge in [-0.25, -0.2) is 4.39 Å². The highest BCUT2D eigenvalue weighted by Crippen LogP contribution is 2.37. The van der Waals surface area contributed by atoms with E-state index in [1.165, 1.54) is 0 Å². The average molecular weight is 304 g/mol. The lowest BCUT2D eigenvalue weighted by Gasteiger charge is -2.26. The Bertz CT molecular complexity index is 419. The molecule has 1 atom stereocenters. The predicted molar refractivity (Wildman–Crippen MR) is 67.0 cm³/mol. The minimum absolute atomic E-state index is 0.296. The molecule has 0 amide bonds. The molecule has 3 nitrogen and oxygen atoms in total. The Morgan fingerprint density at radius 1 is 1.59 bits per heavy atom. The predicted octanol–water partition coefficient (Wildman–Crippen LogP) is 2.57. The van der Waals surface area contributed by atoms with Gasteiger partial charge in [-0.1, -0.05) is 0 Å². The molecule has 1 unspecified atom stereocenters. The molecule has 1 fully saturated rings. The van der Waals surface area contributed by atoms with Crippen molar-refractivity contribution in [3.05, 3.63) is 27.5 Å². The van der Waals surface area contributed by atoms with Crippen LogP contribution in [0, 0.1) is 12.7 Å². The summed E-state index contributed by atoms with van der Waals surface area (Å²) >= 11 is 3.22. The highest BCUT2D eigenvalue weighted by atomic mass is 79.9. The monoisotopic (exact) mass is 303 g/mol. The van der Waals surface area contributed by atoms with Crippen molar-refractivity contribution in [2.75, 3.05) is 26.8 Å². The van der Waals surface area contributed by atoms with Crippen LogP contribution >= 0.6 is 15.9 Å². The maximum Gasteiger partial charge on any atom is 0.146 e. The summed E-state index contributed by atoms with van der Waals surface area (Å²) in [5, 5.41) is 3.19. The fraction of sp³-hybridized carbons (Fsp3) is 0.500. The third-order valence-corrected chi connectivity index (χ3v) is 3.42. The highest BCUT2D eigenvalue weighted by molar-refractivity contribution is 9.10. The fourth-order valence-corrected chi connectivity index (χ4v) is 2.63. The van der Waals surface area contributed by atoms with Gasteiger partial charge in [0.25, 0.3) is 0 Å². The largest absolute Gasteiger partial charge is 0.496 e. The number of ether oxygens (including phenoxy) is 2. The van der Waals surface area contributed by atoms with Gasteiger partial charge in [-0.3, -0.25) is 0 Å². The van der Waals surface area contributed by atoms with Crippen LogP contribution < -0.4 is 10.1 Å². The van der Waals surface area contributed by atoms with Crippen LogP contribution in [0.25, 0.3) is 0 Å². The molecular formula is C12H15BrFNO2. The zero-order valence-electron chi connectivity index (χ0n) is 9.85. The van der Waals surface area contributed by atoms with Crippen LogP contribution in [0.1, 0.15) is 17.2 Å². The van der Waals surface area contributed by atoms with Gasteiger partial charge < -0.3 is 14.8 Å². The zero-order chi connectivity index (χ0) is 12.4. The average Bonchev–Trinajstić information content (AvgIpc) is 2.34. The minimum Gasteiger partial charge on any atom is -0.496 e. The maximum atomic E-state index is 14.2. The molecule has 0 bridgehead atoms. The minimum atomic E-state index is -0.304. The second-order valence-electron chi connectivity index (χ2n) is 4.00.